The number of hydrogen-bond donors (Lipinski definition) is 1. The van der Waals surface area contributed by atoms with E-state index < -0.39 is 5.97 Å². The minimum atomic E-state index is -1.09. The van der Waals surface area contributed by atoms with Gasteiger partial charge in [0.05, 0.1) is 5.52 Å². The van der Waals surface area contributed by atoms with Crippen LogP contribution in [0.3, 0.4) is 0 Å². The summed E-state index contributed by atoms with van der Waals surface area (Å²) >= 11 is 5.98. The second-order valence-electron chi connectivity index (χ2n) is 4.47. The molecule has 0 atom stereocenters. The lowest BCUT2D eigenvalue weighted by molar-refractivity contribution is 0.0684. The van der Waals surface area contributed by atoms with Crippen LogP contribution in [-0.4, -0.2) is 15.6 Å². The normalized spacial score (nSPS) is 10.9. The van der Waals surface area contributed by atoms with E-state index in [1.807, 2.05) is 13.8 Å². The van der Waals surface area contributed by atoms with Crippen LogP contribution in [0.2, 0.25) is 5.02 Å². The van der Waals surface area contributed by atoms with Crippen molar-refractivity contribution in [1.82, 2.24) is 4.57 Å². The summed E-state index contributed by atoms with van der Waals surface area (Å²) in [6, 6.07) is 3.33. The molecular weight excluding hydrogens is 266 g/mol. The fourth-order valence-corrected chi connectivity index (χ4v) is 2.76. The van der Waals surface area contributed by atoms with E-state index in [2.05, 4.69) is 0 Å². The zero-order chi connectivity index (χ0) is 14.3. The number of nitrogens with zero attached hydrogens (tertiary/aromatic N) is 1. The molecule has 1 aromatic heterocycles. The molecule has 19 heavy (non-hydrogen) atoms. The molecule has 1 aromatic carbocycles. The van der Waals surface area contributed by atoms with Gasteiger partial charge in [0.1, 0.15) is 5.69 Å². The zero-order valence-electron chi connectivity index (χ0n) is 11.0. The largest absolute Gasteiger partial charge is 0.477 e. The van der Waals surface area contributed by atoms with E-state index in [4.69, 9.17) is 11.6 Å². The molecule has 0 radical (unpaired) electrons. The van der Waals surface area contributed by atoms with Gasteiger partial charge in [-0.15, -0.1) is 0 Å². The van der Waals surface area contributed by atoms with Crippen molar-refractivity contribution >= 4 is 28.5 Å². The summed E-state index contributed by atoms with van der Waals surface area (Å²) in [4.78, 5) is 23.7. The Morgan fingerprint density at radius 1 is 1.37 bits per heavy atom. The third-order valence-electron chi connectivity index (χ3n) is 3.26. The van der Waals surface area contributed by atoms with Gasteiger partial charge in [0.2, 0.25) is 0 Å². The summed E-state index contributed by atoms with van der Waals surface area (Å²) in [7, 11) is 0. The molecule has 2 rings (SSSR count). The molecule has 100 valence electrons. The predicted octanol–water partition coefficient (Wildman–Crippen LogP) is 2.99. The first kappa shape index (κ1) is 13.6. The van der Waals surface area contributed by atoms with Gasteiger partial charge in [0, 0.05) is 22.5 Å². The quantitative estimate of drug-likeness (QED) is 0.919. The van der Waals surface area contributed by atoms with Gasteiger partial charge in [-0.3, -0.25) is 4.79 Å². The SMILES string of the molecule is CCn1c(C(=O)O)c(C)c(=O)c2cc(Cl)cc(C)c21. The highest BCUT2D eigenvalue weighted by Gasteiger charge is 2.19. The number of benzene rings is 1. The zero-order valence-corrected chi connectivity index (χ0v) is 11.7. The number of carboxylic acids is 1. The predicted molar refractivity (Wildman–Crippen MR) is 75.3 cm³/mol. The Labute approximate surface area is 115 Å². The summed E-state index contributed by atoms with van der Waals surface area (Å²) in [5.74, 6) is -1.09. The fourth-order valence-electron chi connectivity index (χ4n) is 2.48. The number of rotatable bonds is 2. The molecule has 0 aliphatic rings. The van der Waals surface area contributed by atoms with Crippen LogP contribution in [0, 0.1) is 13.8 Å². The number of aryl methyl sites for hydroxylation is 2. The molecule has 0 aliphatic heterocycles. The van der Waals surface area contributed by atoms with Crippen LogP contribution in [0.25, 0.3) is 10.9 Å². The molecule has 1 heterocycles. The number of halogens is 1. The standard InChI is InChI=1S/C14H14ClNO3/c1-4-16-11-7(2)5-9(15)6-10(11)13(17)8(3)12(16)14(18)19/h5-6H,4H2,1-3H3,(H,18,19). The first-order valence-corrected chi connectivity index (χ1v) is 6.32. The van der Waals surface area contributed by atoms with Crippen molar-refractivity contribution in [3.8, 4) is 0 Å². The van der Waals surface area contributed by atoms with E-state index in [1.54, 1.807) is 16.7 Å². The van der Waals surface area contributed by atoms with Crippen LogP contribution >= 0.6 is 11.6 Å². The molecule has 1 N–H and O–H groups in total. The summed E-state index contributed by atoms with van der Waals surface area (Å²) in [6.07, 6.45) is 0. The molecule has 0 unspecified atom stereocenters. The molecule has 2 aromatic rings. The molecule has 0 spiro atoms. The second-order valence-corrected chi connectivity index (χ2v) is 4.91. The van der Waals surface area contributed by atoms with E-state index in [0.29, 0.717) is 22.5 Å². The van der Waals surface area contributed by atoms with E-state index in [1.165, 1.54) is 6.92 Å². The lowest BCUT2D eigenvalue weighted by Gasteiger charge is -2.17. The first-order valence-electron chi connectivity index (χ1n) is 5.95. The number of hydrogen-bond acceptors (Lipinski definition) is 2. The highest BCUT2D eigenvalue weighted by atomic mass is 35.5. The first-order chi connectivity index (χ1) is 8.88. The van der Waals surface area contributed by atoms with Crippen molar-refractivity contribution in [3.05, 3.63) is 44.2 Å². The van der Waals surface area contributed by atoms with Crippen LogP contribution in [0.1, 0.15) is 28.5 Å². The molecule has 0 bridgehead atoms. The molecule has 4 nitrogen and oxygen atoms in total. The number of pyridine rings is 1. The minimum Gasteiger partial charge on any atom is -0.477 e. The van der Waals surface area contributed by atoms with Crippen LogP contribution in [0.4, 0.5) is 0 Å². The van der Waals surface area contributed by atoms with Crippen molar-refractivity contribution in [2.75, 3.05) is 0 Å². The van der Waals surface area contributed by atoms with Gasteiger partial charge in [-0.1, -0.05) is 11.6 Å². The Bertz CT molecular complexity index is 747. The van der Waals surface area contributed by atoms with E-state index in [9.17, 15) is 14.7 Å². The van der Waals surface area contributed by atoms with Gasteiger partial charge >= 0.3 is 5.97 Å². The third-order valence-corrected chi connectivity index (χ3v) is 3.48. The Kier molecular flexibility index (Phi) is 3.37. The van der Waals surface area contributed by atoms with Crippen LogP contribution in [0.15, 0.2) is 16.9 Å². The van der Waals surface area contributed by atoms with Crippen LogP contribution in [0.5, 0.6) is 0 Å². The van der Waals surface area contributed by atoms with Gasteiger partial charge < -0.3 is 9.67 Å². The highest BCUT2D eigenvalue weighted by Crippen LogP contribution is 2.24. The second kappa shape index (κ2) is 4.70. The maximum Gasteiger partial charge on any atom is 0.352 e. The van der Waals surface area contributed by atoms with Gasteiger partial charge in [-0.25, -0.2) is 4.79 Å². The molecule has 5 heteroatoms. The number of fused-ring (bicyclic) bond motifs is 1. The molecule has 0 saturated carbocycles. The number of carbonyl (C=O) groups is 1. The maximum atomic E-state index is 12.3. The summed E-state index contributed by atoms with van der Waals surface area (Å²) in [6.45, 7) is 5.68. The van der Waals surface area contributed by atoms with Crippen LogP contribution in [-0.2, 0) is 6.54 Å². The average Bonchev–Trinajstić information content (AvgIpc) is 2.32. The lowest BCUT2D eigenvalue weighted by atomic mass is 10.0. The van der Waals surface area contributed by atoms with Crippen LogP contribution < -0.4 is 5.43 Å². The summed E-state index contributed by atoms with van der Waals surface area (Å²) in [5, 5.41) is 10.3. The average molecular weight is 280 g/mol. The number of aromatic nitrogens is 1. The van der Waals surface area contributed by atoms with E-state index >= 15 is 0 Å². The molecule has 0 aliphatic carbocycles. The molecular formula is C14H14ClNO3. The summed E-state index contributed by atoms with van der Waals surface area (Å²) in [5.41, 5.74) is 1.44. The molecule has 0 saturated heterocycles. The third kappa shape index (κ3) is 2.02. The topological polar surface area (TPSA) is 59.3 Å². The van der Waals surface area contributed by atoms with Gasteiger partial charge in [-0.05, 0) is 38.5 Å². The fraction of sp³-hybridized carbons (Fsp3) is 0.286. The number of aromatic carboxylic acids is 1. The van der Waals surface area contributed by atoms with Crippen molar-refractivity contribution in [3.63, 3.8) is 0 Å². The summed E-state index contributed by atoms with van der Waals surface area (Å²) < 4.78 is 1.65. The maximum absolute atomic E-state index is 12.3. The highest BCUT2D eigenvalue weighted by molar-refractivity contribution is 6.31. The van der Waals surface area contributed by atoms with Crippen molar-refractivity contribution in [2.24, 2.45) is 0 Å². The molecule has 0 amide bonds. The minimum absolute atomic E-state index is 0.0467. The number of carboxylic acid groups (broad SMARTS) is 1. The lowest BCUT2D eigenvalue weighted by Crippen LogP contribution is -2.22. The Hall–Kier alpha value is -1.81. The smallest absolute Gasteiger partial charge is 0.352 e. The van der Waals surface area contributed by atoms with Gasteiger partial charge in [0.25, 0.3) is 0 Å². The Morgan fingerprint density at radius 3 is 2.53 bits per heavy atom. The van der Waals surface area contributed by atoms with Crippen molar-refractivity contribution < 1.29 is 9.90 Å². The van der Waals surface area contributed by atoms with Gasteiger partial charge in [0.15, 0.2) is 5.43 Å². The van der Waals surface area contributed by atoms with E-state index in [0.717, 1.165) is 5.56 Å². The Morgan fingerprint density at radius 2 is 2.00 bits per heavy atom. The molecule has 0 fully saturated rings. The van der Waals surface area contributed by atoms with Gasteiger partial charge in [-0.2, -0.15) is 0 Å². The van der Waals surface area contributed by atoms with Crippen molar-refractivity contribution in [2.45, 2.75) is 27.3 Å². The van der Waals surface area contributed by atoms with Crippen molar-refractivity contribution in [1.29, 1.82) is 0 Å². The van der Waals surface area contributed by atoms with E-state index in [-0.39, 0.29) is 16.7 Å². The monoisotopic (exact) mass is 279 g/mol. The Balaban J connectivity index is 3.14.